The highest BCUT2D eigenvalue weighted by Gasteiger charge is 2.59. The molecule has 0 bridgehead atoms. The molecule has 2 rings (SSSR count). The first-order chi connectivity index (χ1) is 10.1. The average Bonchev–Trinajstić information content (AvgIpc) is 2.84. The molecule has 6 atom stereocenters. The van der Waals surface area contributed by atoms with Crippen LogP contribution in [0.25, 0.3) is 0 Å². The SMILES string of the molecule is COC1OC2C(O[Si](C)(C)C)C(OC)OC2C1O[Si](C)(C)C. The molecule has 0 N–H and O–H groups in total. The molecule has 2 heterocycles. The number of hydrogen-bond donors (Lipinski definition) is 0. The first kappa shape index (κ1) is 18.5. The number of rotatable bonds is 6. The van der Waals surface area contributed by atoms with Gasteiger partial charge >= 0.3 is 0 Å². The maximum atomic E-state index is 6.25. The molecule has 0 radical (unpaired) electrons. The first-order valence-corrected chi connectivity index (χ1v) is 14.6. The first-order valence-electron chi connectivity index (χ1n) is 7.78. The van der Waals surface area contributed by atoms with E-state index in [0.717, 1.165) is 0 Å². The van der Waals surface area contributed by atoms with Crippen LogP contribution in [0, 0.1) is 0 Å². The molecule has 2 fully saturated rings. The molecule has 0 aromatic carbocycles. The zero-order valence-electron chi connectivity index (χ0n) is 14.9. The monoisotopic (exact) mass is 350 g/mol. The van der Waals surface area contributed by atoms with E-state index in [9.17, 15) is 0 Å². The Kier molecular flexibility index (Phi) is 5.56. The number of hydrogen-bond acceptors (Lipinski definition) is 6. The molecule has 2 saturated heterocycles. The van der Waals surface area contributed by atoms with Crippen LogP contribution in [0.4, 0.5) is 0 Å². The van der Waals surface area contributed by atoms with Gasteiger partial charge in [-0.2, -0.15) is 0 Å². The highest BCUT2D eigenvalue weighted by molar-refractivity contribution is 6.70. The smallest absolute Gasteiger partial charge is 0.185 e. The number of methoxy groups -OCH3 is 2. The van der Waals surface area contributed by atoms with Gasteiger partial charge in [0.25, 0.3) is 0 Å². The van der Waals surface area contributed by atoms with E-state index in [-0.39, 0.29) is 24.4 Å². The zero-order chi connectivity index (χ0) is 16.7. The maximum Gasteiger partial charge on any atom is 0.185 e. The molecular formula is C14H30O6Si2. The molecule has 6 nitrogen and oxygen atoms in total. The molecule has 22 heavy (non-hydrogen) atoms. The molecule has 8 heteroatoms. The Balaban J connectivity index is 2.18. The van der Waals surface area contributed by atoms with Crippen LogP contribution < -0.4 is 0 Å². The number of ether oxygens (including phenoxy) is 4. The standard InChI is InChI=1S/C14H30O6Si2/c1-15-13-11(19-21(3,4)5)9-10(17-13)12(14(16-2)18-9)20-22(6,7)8/h9-14H,1-8H3. The van der Waals surface area contributed by atoms with Crippen molar-refractivity contribution in [1.29, 1.82) is 0 Å². The third kappa shape index (κ3) is 4.18. The second-order valence-corrected chi connectivity index (χ2v) is 16.7. The van der Waals surface area contributed by atoms with E-state index >= 15 is 0 Å². The van der Waals surface area contributed by atoms with Crippen LogP contribution in [0.1, 0.15) is 0 Å². The van der Waals surface area contributed by atoms with Crippen LogP contribution in [-0.2, 0) is 27.8 Å². The lowest BCUT2D eigenvalue weighted by Gasteiger charge is -2.30. The molecule has 2 aliphatic rings. The van der Waals surface area contributed by atoms with Gasteiger partial charge in [0.1, 0.15) is 24.4 Å². The van der Waals surface area contributed by atoms with Gasteiger partial charge < -0.3 is 27.8 Å². The van der Waals surface area contributed by atoms with Crippen LogP contribution in [0.3, 0.4) is 0 Å². The van der Waals surface area contributed by atoms with Crippen LogP contribution in [0.5, 0.6) is 0 Å². The van der Waals surface area contributed by atoms with E-state index in [1.807, 2.05) is 0 Å². The Morgan fingerprint density at radius 1 is 0.636 bits per heavy atom. The molecule has 0 aliphatic carbocycles. The van der Waals surface area contributed by atoms with Crippen molar-refractivity contribution in [2.24, 2.45) is 0 Å². The summed E-state index contributed by atoms with van der Waals surface area (Å²) in [7, 11) is -0.242. The largest absolute Gasteiger partial charge is 0.407 e. The van der Waals surface area contributed by atoms with Gasteiger partial charge in [0.05, 0.1) is 0 Å². The molecule has 0 aromatic heterocycles. The van der Waals surface area contributed by atoms with Crippen molar-refractivity contribution < 1.29 is 27.8 Å². The van der Waals surface area contributed by atoms with Crippen molar-refractivity contribution in [3.05, 3.63) is 0 Å². The van der Waals surface area contributed by atoms with Crippen molar-refractivity contribution in [3.63, 3.8) is 0 Å². The summed E-state index contributed by atoms with van der Waals surface area (Å²) in [6, 6.07) is 0. The maximum absolute atomic E-state index is 6.25. The summed E-state index contributed by atoms with van der Waals surface area (Å²) in [5.74, 6) is 0. The summed E-state index contributed by atoms with van der Waals surface area (Å²) in [5.41, 5.74) is 0. The highest BCUT2D eigenvalue weighted by atomic mass is 28.4. The topological polar surface area (TPSA) is 55.4 Å². The highest BCUT2D eigenvalue weighted by Crippen LogP contribution is 2.40. The van der Waals surface area contributed by atoms with Crippen LogP contribution in [-0.4, -0.2) is 67.9 Å². The lowest BCUT2D eigenvalue weighted by Crippen LogP contribution is -2.43. The van der Waals surface area contributed by atoms with Gasteiger partial charge in [-0.15, -0.1) is 0 Å². The summed E-state index contributed by atoms with van der Waals surface area (Å²) >= 11 is 0. The molecule has 0 spiro atoms. The summed E-state index contributed by atoms with van der Waals surface area (Å²) in [4.78, 5) is 0. The predicted octanol–water partition coefficient (Wildman–Crippen LogP) is 2.17. The molecule has 0 amide bonds. The van der Waals surface area contributed by atoms with Crippen LogP contribution >= 0.6 is 0 Å². The number of fused-ring (bicyclic) bond motifs is 1. The van der Waals surface area contributed by atoms with Gasteiger partial charge in [0, 0.05) is 14.2 Å². The third-order valence-corrected chi connectivity index (χ3v) is 5.49. The normalized spacial score (nSPS) is 39.3. The minimum absolute atomic E-state index is 0.219. The molecule has 0 saturated carbocycles. The van der Waals surface area contributed by atoms with Crippen molar-refractivity contribution in [2.45, 2.75) is 76.3 Å². The lowest BCUT2D eigenvalue weighted by molar-refractivity contribution is -0.202. The summed E-state index contributed by atoms with van der Waals surface area (Å²) in [6.07, 6.45) is -1.77. The Morgan fingerprint density at radius 3 is 1.18 bits per heavy atom. The minimum atomic E-state index is -1.75. The van der Waals surface area contributed by atoms with E-state index in [1.165, 1.54) is 0 Å². The lowest BCUT2D eigenvalue weighted by atomic mass is 10.1. The quantitative estimate of drug-likeness (QED) is 0.684. The van der Waals surface area contributed by atoms with Gasteiger partial charge in [-0.3, -0.25) is 0 Å². The molecular weight excluding hydrogens is 320 g/mol. The summed E-state index contributed by atoms with van der Waals surface area (Å²) in [5, 5.41) is 0. The fourth-order valence-corrected chi connectivity index (χ4v) is 5.02. The Hall–Kier alpha value is 0.194. The second kappa shape index (κ2) is 6.60. The Bertz CT molecular complexity index is 345. The minimum Gasteiger partial charge on any atom is -0.407 e. The molecule has 6 unspecified atom stereocenters. The molecule has 130 valence electrons. The van der Waals surface area contributed by atoms with Crippen molar-refractivity contribution >= 4 is 16.6 Å². The Morgan fingerprint density at radius 2 is 0.955 bits per heavy atom. The van der Waals surface area contributed by atoms with E-state index < -0.39 is 29.2 Å². The van der Waals surface area contributed by atoms with Crippen LogP contribution in [0.2, 0.25) is 39.3 Å². The van der Waals surface area contributed by atoms with Crippen LogP contribution in [0.15, 0.2) is 0 Å². The average molecular weight is 351 g/mol. The van der Waals surface area contributed by atoms with E-state index in [0.29, 0.717) is 0 Å². The fraction of sp³-hybridized carbons (Fsp3) is 1.00. The van der Waals surface area contributed by atoms with E-state index in [2.05, 4.69) is 39.3 Å². The molecule has 0 aromatic rings. The predicted molar refractivity (Wildman–Crippen MR) is 87.8 cm³/mol. The van der Waals surface area contributed by atoms with Gasteiger partial charge in [-0.05, 0) is 39.3 Å². The van der Waals surface area contributed by atoms with E-state index in [4.69, 9.17) is 27.8 Å². The van der Waals surface area contributed by atoms with Gasteiger partial charge in [0.15, 0.2) is 29.2 Å². The van der Waals surface area contributed by atoms with E-state index in [1.54, 1.807) is 14.2 Å². The van der Waals surface area contributed by atoms with Gasteiger partial charge in [-0.25, -0.2) is 0 Å². The van der Waals surface area contributed by atoms with Gasteiger partial charge in [-0.1, -0.05) is 0 Å². The molecule has 2 aliphatic heterocycles. The van der Waals surface area contributed by atoms with Gasteiger partial charge in [0.2, 0.25) is 0 Å². The summed E-state index contributed by atoms with van der Waals surface area (Å²) < 4.78 is 35.5. The second-order valence-electron chi connectivity index (χ2n) is 7.80. The van der Waals surface area contributed by atoms with Crippen molar-refractivity contribution in [2.75, 3.05) is 14.2 Å². The van der Waals surface area contributed by atoms with Crippen molar-refractivity contribution in [3.8, 4) is 0 Å². The fourth-order valence-electron chi connectivity index (χ4n) is 2.90. The Labute approximate surface area is 135 Å². The van der Waals surface area contributed by atoms with Crippen molar-refractivity contribution in [1.82, 2.24) is 0 Å². The zero-order valence-corrected chi connectivity index (χ0v) is 16.9. The summed E-state index contributed by atoms with van der Waals surface area (Å²) in [6.45, 7) is 12.9. The third-order valence-electron chi connectivity index (χ3n) is 3.53.